The SMILES string of the molecule is C(#CC1CC1)c1ccc(-c2cn(CCC3CCCCO3)nn2)cc1. The van der Waals surface area contributed by atoms with E-state index in [1.807, 2.05) is 10.9 Å². The van der Waals surface area contributed by atoms with Crippen LogP contribution in [0.3, 0.4) is 0 Å². The molecule has 4 rings (SSSR count). The lowest BCUT2D eigenvalue weighted by atomic mass is 10.1. The van der Waals surface area contributed by atoms with Gasteiger partial charge in [0.2, 0.25) is 0 Å². The first-order chi connectivity index (χ1) is 11.9. The predicted octanol–water partition coefficient (Wildman–Crippen LogP) is 3.67. The third kappa shape index (κ3) is 4.04. The Kier molecular flexibility index (Phi) is 4.62. The molecule has 1 aliphatic heterocycles. The second kappa shape index (κ2) is 7.19. The summed E-state index contributed by atoms with van der Waals surface area (Å²) in [5, 5.41) is 8.55. The van der Waals surface area contributed by atoms with E-state index < -0.39 is 0 Å². The molecule has 1 saturated carbocycles. The molecule has 1 aromatic heterocycles. The minimum Gasteiger partial charge on any atom is -0.378 e. The van der Waals surface area contributed by atoms with Gasteiger partial charge in [-0.15, -0.1) is 5.10 Å². The van der Waals surface area contributed by atoms with Gasteiger partial charge in [0.15, 0.2) is 0 Å². The van der Waals surface area contributed by atoms with Crippen molar-refractivity contribution in [3.63, 3.8) is 0 Å². The summed E-state index contributed by atoms with van der Waals surface area (Å²) < 4.78 is 7.70. The smallest absolute Gasteiger partial charge is 0.113 e. The highest BCUT2D eigenvalue weighted by atomic mass is 16.5. The Balaban J connectivity index is 1.36. The number of aryl methyl sites for hydroxylation is 1. The van der Waals surface area contributed by atoms with Gasteiger partial charge in [-0.25, -0.2) is 0 Å². The van der Waals surface area contributed by atoms with Crippen molar-refractivity contribution in [2.45, 2.75) is 51.2 Å². The van der Waals surface area contributed by atoms with Crippen LogP contribution in [0, 0.1) is 17.8 Å². The van der Waals surface area contributed by atoms with Crippen LogP contribution in [0.2, 0.25) is 0 Å². The van der Waals surface area contributed by atoms with E-state index in [0.717, 1.165) is 36.4 Å². The molecule has 2 heterocycles. The number of rotatable bonds is 4. The second-order valence-electron chi connectivity index (χ2n) is 6.77. The molecular weight excluding hydrogens is 298 g/mol. The van der Waals surface area contributed by atoms with E-state index in [-0.39, 0.29) is 0 Å². The minimum absolute atomic E-state index is 0.385. The zero-order valence-electron chi connectivity index (χ0n) is 13.9. The molecule has 0 bridgehead atoms. The molecule has 24 heavy (non-hydrogen) atoms. The van der Waals surface area contributed by atoms with Gasteiger partial charge < -0.3 is 4.74 Å². The van der Waals surface area contributed by atoms with Gasteiger partial charge >= 0.3 is 0 Å². The Morgan fingerprint density at radius 1 is 1.12 bits per heavy atom. The van der Waals surface area contributed by atoms with Crippen molar-refractivity contribution in [2.75, 3.05) is 6.61 Å². The number of aromatic nitrogens is 3. The fourth-order valence-electron chi connectivity index (χ4n) is 2.99. The van der Waals surface area contributed by atoms with Crippen molar-refractivity contribution in [1.82, 2.24) is 15.0 Å². The fraction of sp³-hybridized carbons (Fsp3) is 0.500. The molecule has 0 spiro atoms. The summed E-state index contributed by atoms with van der Waals surface area (Å²) in [5.74, 6) is 7.17. The number of hydrogen-bond acceptors (Lipinski definition) is 3. The molecule has 0 amide bonds. The van der Waals surface area contributed by atoms with Gasteiger partial charge in [0.1, 0.15) is 5.69 Å². The largest absolute Gasteiger partial charge is 0.378 e. The van der Waals surface area contributed by atoms with Crippen LogP contribution in [0.15, 0.2) is 30.5 Å². The Morgan fingerprint density at radius 3 is 2.75 bits per heavy atom. The van der Waals surface area contributed by atoms with Gasteiger partial charge in [-0.2, -0.15) is 0 Å². The Hall–Kier alpha value is -2.12. The highest BCUT2D eigenvalue weighted by molar-refractivity contribution is 5.59. The normalized spacial score (nSPS) is 20.4. The van der Waals surface area contributed by atoms with Gasteiger partial charge in [-0.05, 0) is 50.7 Å². The van der Waals surface area contributed by atoms with Crippen molar-refractivity contribution < 1.29 is 4.74 Å². The van der Waals surface area contributed by atoms with Gasteiger partial charge in [0.05, 0.1) is 12.3 Å². The van der Waals surface area contributed by atoms with Crippen LogP contribution in [-0.2, 0) is 11.3 Å². The zero-order chi connectivity index (χ0) is 16.2. The molecule has 1 saturated heterocycles. The third-order valence-corrected chi connectivity index (χ3v) is 4.67. The topological polar surface area (TPSA) is 39.9 Å². The standard InChI is InChI=1S/C20H23N3O/c1-2-14-24-19(3-1)12-13-23-15-20(21-22-23)18-10-8-17(9-11-18)7-6-16-4-5-16/h8-11,15-16,19H,1-5,12-14H2. The maximum atomic E-state index is 5.77. The van der Waals surface area contributed by atoms with Gasteiger partial charge in [0.25, 0.3) is 0 Å². The summed E-state index contributed by atoms with van der Waals surface area (Å²) in [6, 6.07) is 8.30. The highest BCUT2D eigenvalue weighted by Crippen LogP contribution is 2.27. The van der Waals surface area contributed by atoms with Crippen molar-refractivity contribution in [1.29, 1.82) is 0 Å². The summed E-state index contributed by atoms with van der Waals surface area (Å²) in [7, 11) is 0. The van der Waals surface area contributed by atoms with Crippen LogP contribution < -0.4 is 0 Å². The lowest BCUT2D eigenvalue weighted by Gasteiger charge is -2.22. The van der Waals surface area contributed by atoms with E-state index in [0.29, 0.717) is 12.0 Å². The average molecular weight is 321 g/mol. The molecule has 2 aliphatic rings. The average Bonchev–Trinajstić information content (AvgIpc) is 3.35. The highest BCUT2D eigenvalue weighted by Gasteiger charge is 2.17. The van der Waals surface area contributed by atoms with Crippen LogP contribution >= 0.6 is 0 Å². The van der Waals surface area contributed by atoms with E-state index in [4.69, 9.17) is 4.74 Å². The van der Waals surface area contributed by atoms with Gasteiger partial charge in [-0.3, -0.25) is 4.68 Å². The lowest BCUT2D eigenvalue weighted by molar-refractivity contribution is 0.00820. The molecule has 1 unspecified atom stereocenters. The van der Waals surface area contributed by atoms with E-state index >= 15 is 0 Å². The van der Waals surface area contributed by atoms with Crippen molar-refractivity contribution >= 4 is 0 Å². The van der Waals surface area contributed by atoms with Crippen molar-refractivity contribution in [3.8, 4) is 23.1 Å². The first kappa shape index (κ1) is 15.4. The summed E-state index contributed by atoms with van der Waals surface area (Å²) >= 11 is 0. The van der Waals surface area contributed by atoms with E-state index in [1.54, 1.807) is 0 Å². The van der Waals surface area contributed by atoms with Crippen LogP contribution in [-0.4, -0.2) is 27.7 Å². The number of nitrogens with zero attached hydrogens (tertiary/aromatic N) is 3. The van der Waals surface area contributed by atoms with Gasteiger partial charge in [0, 0.05) is 30.2 Å². The van der Waals surface area contributed by atoms with Crippen LogP contribution in [0.1, 0.15) is 44.1 Å². The number of benzene rings is 1. The Bertz CT molecular complexity index is 728. The van der Waals surface area contributed by atoms with Gasteiger partial charge in [-0.1, -0.05) is 29.2 Å². The first-order valence-electron chi connectivity index (χ1n) is 9.00. The predicted molar refractivity (Wildman–Crippen MR) is 93.3 cm³/mol. The van der Waals surface area contributed by atoms with Crippen LogP contribution in [0.5, 0.6) is 0 Å². The van der Waals surface area contributed by atoms with Crippen molar-refractivity contribution in [2.24, 2.45) is 5.92 Å². The zero-order valence-corrected chi connectivity index (χ0v) is 13.9. The van der Waals surface area contributed by atoms with Crippen molar-refractivity contribution in [3.05, 3.63) is 36.0 Å². The molecule has 0 N–H and O–H groups in total. The molecule has 4 heteroatoms. The quantitative estimate of drug-likeness (QED) is 0.807. The summed E-state index contributed by atoms with van der Waals surface area (Å²) in [4.78, 5) is 0. The molecule has 2 aromatic rings. The first-order valence-corrected chi connectivity index (χ1v) is 9.00. The molecule has 4 nitrogen and oxygen atoms in total. The minimum atomic E-state index is 0.385. The maximum Gasteiger partial charge on any atom is 0.113 e. The maximum absolute atomic E-state index is 5.77. The summed E-state index contributed by atoms with van der Waals surface area (Å²) in [6.45, 7) is 1.77. The molecule has 0 radical (unpaired) electrons. The van der Waals surface area contributed by atoms with E-state index in [2.05, 4.69) is 46.4 Å². The monoisotopic (exact) mass is 321 g/mol. The number of hydrogen-bond donors (Lipinski definition) is 0. The molecule has 124 valence electrons. The fourth-order valence-corrected chi connectivity index (χ4v) is 2.99. The molecule has 2 fully saturated rings. The van der Waals surface area contributed by atoms with Crippen LogP contribution in [0.25, 0.3) is 11.3 Å². The second-order valence-corrected chi connectivity index (χ2v) is 6.77. The lowest BCUT2D eigenvalue weighted by Crippen LogP contribution is -2.20. The summed E-state index contributed by atoms with van der Waals surface area (Å²) in [5.41, 5.74) is 3.08. The van der Waals surface area contributed by atoms with E-state index in [9.17, 15) is 0 Å². The summed E-state index contributed by atoms with van der Waals surface area (Å²) in [6.07, 6.45) is 9.60. The number of ether oxygens (including phenoxy) is 1. The Labute approximate surface area is 143 Å². The molecule has 1 atom stereocenters. The third-order valence-electron chi connectivity index (χ3n) is 4.67. The van der Waals surface area contributed by atoms with E-state index in [1.165, 1.54) is 32.1 Å². The molecular formula is C20H23N3O. The molecule has 1 aromatic carbocycles. The Morgan fingerprint density at radius 2 is 2.00 bits per heavy atom. The molecule has 1 aliphatic carbocycles. The van der Waals surface area contributed by atoms with Crippen LogP contribution in [0.4, 0.5) is 0 Å².